The second kappa shape index (κ2) is 3.38. The summed E-state index contributed by atoms with van der Waals surface area (Å²) in [5.74, 6) is 0.176. The van der Waals surface area contributed by atoms with E-state index in [1.807, 2.05) is 0 Å². The molecule has 0 amide bonds. The summed E-state index contributed by atoms with van der Waals surface area (Å²) in [7, 11) is 0. The molecule has 0 spiro atoms. The van der Waals surface area contributed by atoms with E-state index in [0.29, 0.717) is 11.3 Å². The third-order valence-corrected chi connectivity index (χ3v) is 1.95. The molecule has 0 radical (unpaired) electrons. The second-order valence-corrected chi connectivity index (χ2v) is 2.89. The van der Waals surface area contributed by atoms with Gasteiger partial charge >= 0.3 is 0 Å². The number of phenols is 1. The van der Waals surface area contributed by atoms with Crippen LogP contribution in [0, 0.1) is 0 Å². The Labute approximate surface area is 81.3 Å². The summed E-state index contributed by atoms with van der Waals surface area (Å²) >= 11 is 0. The Balaban J connectivity index is 2.61. The van der Waals surface area contributed by atoms with Crippen molar-refractivity contribution in [2.75, 3.05) is 0 Å². The van der Waals surface area contributed by atoms with E-state index >= 15 is 0 Å². The van der Waals surface area contributed by atoms with Gasteiger partial charge in [-0.25, -0.2) is 0 Å². The Hall–Kier alpha value is -2.03. The normalized spacial score (nSPS) is 10.0. The number of aromatic nitrogens is 1. The minimum Gasteiger partial charge on any atom is -0.507 e. The zero-order chi connectivity index (χ0) is 9.97. The van der Waals surface area contributed by atoms with Crippen molar-refractivity contribution in [3.05, 3.63) is 42.6 Å². The van der Waals surface area contributed by atoms with Crippen molar-refractivity contribution in [2.24, 2.45) is 0 Å². The van der Waals surface area contributed by atoms with E-state index in [9.17, 15) is 10.2 Å². The first kappa shape index (κ1) is 8.56. The molecule has 1 aromatic heterocycles. The smallest absolute Gasteiger partial charge is 0.141 e. The first-order chi connectivity index (χ1) is 6.79. The molecule has 0 bridgehead atoms. The first-order valence-electron chi connectivity index (χ1n) is 4.21. The molecule has 0 atom stereocenters. The highest BCUT2D eigenvalue weighted by Crippen LogP contribution is 2.32. The lowest BCUT2D eigenvalue weighted by Crippen LogP contribution is -1.83. The third-order valence-electron chi connectivity index (χ3n) is 1.95. The minimum absolute atomic E-state index is 0.0639. The molecule has 0 saturated carbocycles. The van der Waals surface area contributed by atoms with Crippen molar-refractivity contribution in [3.63, 3.8) is 0 Å². The molecule has 0 aliphatic heterocycles. The van der Waals surface area contributed by atoms with Gasteiger partial charge in [0.15, 0.2) is 0 Å². The number of rotatable bonds is 1. The lowest BCUT2D eigenvalue weighted by molar-refractivity contribution is 0.467. The van der Waals surface area contributed by atoms with Crippen LogP contribution in [0.4, 0.5) is 0 Å². The number of nitrogens with zero attached hydrogens (tertiary/aromatic N) is 1. The van der Waals surface area contributed by atoms with E-state index < -0.39 is 0 Å². The standard InChI is InChI=1S/C11H9NO2/c13-9-5-2-1-4-8(9)11-10(14)6-3-7-12-11/h1-7,13-14H. The maximum absolute atomic E-state index is 9.54. The maximum Gasteiger partial charge on any atom is 0.141 e. The third kappa shape index (κ3) is 1.40. The summed E-state index contributed by atoms with van der Waals surface area (Å²) in [5.41, 5.74) is 0.927. The molecular weight excluding hydrogens is 178 g/mol. The molecule has 2 aromatic rings. The second-order valence-electron chi connectivity index (χ2n) is 2.89. The first-order valence-corrected chi connectivity index (χ1v) is 4.21. The topological polar surface area (TPSA) is 53.4 Å². The van der Waals surface area contributed by atoms with Gasteiger partial charge in [0.25, 0.3) is 0 Å². The SMILES string of the molecule is Oc1ccccc1-c1ncccc1O. The highest BCUT2D eigenvalue weighted by Gasteiger charge is 2.08. The van der Waals surface area contributed by atoms with Crippen LogP contribution >= 0.6 is 0 Å². The van der Waals surface area contributed by atoms with Crippen LogP contribution in [0.1, 0.15) is 0 Å². The molecule has 70 valence electrons. The van der Waals surface area contributed by atoms with E-state index in [1.54, 1.807) is 36.5 Å². The van der Waals surface area contributed by atoms with Gasteiger partial charge in [-0.1, -0.05) is 12.1 Å². The summed E-state index contributed by atoms with van der Waals surface area (Å²) in [6.07, 6.45) is 1.57. The molecule has 3 heteroatoms. The van der Waals surface area contributed by atoms with Gasteiger partial charge in [-0.2, -0.15) is 0 Å². The highest BCUT2D eigenvalue weighted by atomic mass is 16.3. The van der Waals surface area contributed by atoms with Gasteiger partial charge in [0.05, 0.1) is 0 Å². The molecule has 14 heavy (non-hydrogen) atoms. The number of hydrogen-bond donors (Lipinski definition) is 2. The van der Waals surface area contributed by atoms with Crippen LogP contribution < -0.4 is 0 Å². The van der Waals surface area contributed by atoms with E-state index in [0.717, 1.165) is 0 Å². The Morgan fingerprint density at radius 1 is 0.857 bits per heavy atom. The molecule has 1 aromatic carbocycles. The maximum atomic E-state index is 9.54. The lowest BCUT2D eigenvalue weighted by atomic mass is 10.1. The summed E-state index contributed by atoms with van der Waals surface area (Å²) in [6, 6.07) is 9.94. The largest absolute Gasteiger partial charge is 0.507 e. The van der Waals surface area contributed by atoms with Gasteiger partial charge in [-0.15, -0.1) is 0 Å². The molecule has 3 nitrogen and oxygen atoms in total. The fraction of sp³-hybridized carbons (Fsp3) is 0. The summed E-state index contributed by atoms with van der Waals surface area (Å²) in [4.78, 5) is 4.00. The number of pyridine rings is 1. The molecule has 0 unspecified atom stereocenters. The predicted molar refractivity (Wildman–Crippen MR) is 53.0 cm³/mol. The fourth-order valence-electron chi connectivity index (χ4n) is 1.28. The van der Waals surface area contributed by atoms with E-state index in [-0.39, 0.29) is 11.5 Å². The Kier molecular flexibility index (Phi) is 2.07. The molecule has 1 heterocycles. The quantitative estimate of drug-likeness (QED) is 0.719. The van der Waals surface area contributed by atoms with Gasteiger partial charge < -0.3 is 10.2 Å². The van der Waals surface area contributed by atoms with Crippen LogP contribution in [0.2, 0.25) is 0 Å². The van der Waals surface area contributed by atoms with Crippen molar-refractivity contribution in [1.82, 2.24) is 4.98 Å². The van der Waals surface area contributed by atoms with E-state index in [4.69, 9.17) is 0 Å². The van der Waals surface area contributed by atoms with Crippen LogP contribution in [0.3, 0.4) is 0 Å². The van der Waals surface area contributed by atoms with Crippen LogP contribution in [0.15, 0.2) is 42.6 Å². The van der Waals surface area contributed by atoms with Crippen LogP contribution in [-0.4, -0.2) is 15.2 Å². The minimum atomic E-state index is 0.0639. The molecule has 2 rings (SSSR count). The van der Waals surface area contributed by atoms with Gasteiger partial charge in [0, 0.05) is 11.8 Å². The molecule has 0 aliphatic rings. The highest BCUT2D eigenvalue weighted by molar-refractivity contribution is 5.71. The zero-order valence-electron chi connectivity index (χ0n) is 7.38. The fourth-order valence-corrected chi connectivity index (χ4v) is 1.28. The van der Waals surface area contributed by atoms with E-state index in [1.165, 1.54) is 6.07 Å². The summed E-state index contributed by atoms with van der Waals surface area (Å²) < 4.78 is 0. The molecule has 0 aliphatic carbocycles. The van der Waals surface area contributed by atoms with E-state index in [2.05, 4.69) is 4.98 Å². The van der Waals surface area contributed by atoms with Crippen molar-refractivity contribution >= 4 is 0 Å². The van der Waals surface area contributed by atoms with Crippen LogP contribution in [0.5, 0.6) is 11.5 Å². The summed E-state index contributed by atoms with van der Waals surface area (Å²) in [5, 5.41) is 19.1. The molecular formula is C11H9NO2. The number of aromatic hydroxyl groups is 2. The lowest BCUT2D eigenvalue weighted by Gasteiger charge is -2.04. The van der Waals surface area contributed by atoms with Gasteiger partial charge in [-0.05, 0) is 24.3 Å². The number of hydrogen-bond acceptors (Lipinski definition) is 3. The zero-order valence-corrected chi connectivity index (χ0v) is 7.38. The average molecular weight is 187 g/mol. The van der Waals surface area contributed by atoms with Crippen molar-refractivity contribution < 1.29 is 10.2 Å². The van der Waals surface area contributed by atoms with Crippen molar-refractivity contribution in [2.45, 2.75) is 0 Å². The van der Waals surface area contributed by atoms with Crippen molar-refractivity contribution in [3.8, 4) is 22.8 Å². The molecule has 2 N–H and O–H groups in total. The van der Waals surface area contributed by atoms with Gasteiger partial charge in [-0.3, -0.25) is 4.98 Å². The van der Waals surface area contributed by atoms with Gasteiger partial charge in [0.2, 0.25) is 0 Å². The number of benzene rings is 1. The number of phenolic OH excluding ortho intramolecular Hbond substituents is 1. The Morgan fingerprint density at radius 3 is 2.29 bits per heavy atom. The van der Waals surface area contributed by atoms with Crippen molar-refractivity contribution in [1.29, 1.82) is 0 Å². The summed E-state index contributed by atoms with van der Waals surface area (Å²) in [6.45, 7) is 0. The molecule has 0 saturated heterocycles. The van der Waals surface area contributed by atoms with Crippen LogP contribution in [-0.2, 0) is 0 Å². The van der Waals surface area contributed by atoms with Gasteiger partial charge in [0.1, 0.15) is 17.2 Å². The number of para-hydroxylation sites is 1. The molecule has 0 fully saturated rings. The Morgan fingerprint density at radius 2 is 1.57 bits per heavy atom. The van der Waals surface area contributed by atoms with Crippen LogP contribution in [0.25, 0.3) is 11.3 Å². The monoisotopic (exact) mass is 187 g/mol. The predicted octanol–water partition coefficient (Wildman–Crippen LogP) is 2.16. The Bertz CT molecular complexity index is 411. The average Bonchev–Trinajstić information content (AvgIpc) is 2.20.